The Hall–Kier alpha value is -1.71. The Bertz CT molecular complexity index is 546. The summed E-state index contributed by atoms with van der Waals surface area (Å²) in [6.45, 7) is 6.54. The van der Waals surface area contributed by atoms with E-state index in [1.807, 2.05) is 18.5 Å². The molecule has 106 valence electrons. The minimum absolute atomic E-state index is 0.00848. The van der Waals surface area contributed by atoms with Crippen LogP contribution in [0.5, 0.6) is 0 Å². The zero-order valence-corrected chi connectivity index (χ0v) is 12.4. The van der Waals surface area contributed by atoms with Gasteiger partial charge in [-0.2, -0.15) is 0 Å². The van der Waals surface area contributed by atoms with Gasteiger partial charge < -0.3 is 0 Å². The van der Waals surface area contributed by atoms with Gasteiger partial charge in [0.2, 0.25) is 0 Å². The Labute approximate surface area is 121 Å². The molecule has 1 aromatic heterocycles. The second kappa shape index (κ2) is 6.64. The molecule has 20 heavy (non-hydrogen) atoms. The molecule has 3 N–H and O–H groups in total. The van der Waals surface area contributed by atoms with E-state index in [0.29, 0.717) is 5.92 Å². The summed E-state index contributed by atoms with van der Waals surface area (Å²) in [7, 11) is 0. The van der Waals surface area contributed by atoms with Gasteiger partial charge >= 0.3 is 0 Å². The number of hydrogen-bond acceptors (Lipinski definition) is 3. The first kappa shape index (κ1) is 14.7. The summed E-state index contributed by atoms with van der Waals surface area (Å²) in [4.78, 5) is 4.20. The summed E-state index contributed by atoms with van der Waals surface area (Å²) >= 11 is 0. The van der Waals surface area contributed by atoms with E-state index in [0.717, 1.165) is 6.42 Å². The fraction of sp³-hybridized carbons (Fsp3) is 0.353. The van der Waals surface area contributed by atoms with Gasteiger partial charge in [0, 0.05) is 12.4 Å². The molecule has 1 heterocycles. The van der Waals surface area contributed by atoms with Crippen LogP contribution in [-0.4, -0.2) is 4.98 Å². The lowest BCUT2D eigenvalue weighted by molar-refractivity contribution is 0.629. The van der Waals surface area contributed by atoms with E-state index in [1.54, 1.807) is 0 Å². The predicted octanol–water partition coefficient (Wildman–Crippen LogP) is 3.32. The number of hydrogen-bond donors (Lipinski definition) is 2. The number of aryl methyl sites for hydroxylation is 1. The highest BCUT2D eigenvalue weighted by Gasteiger charge is 2.15. The van der Waals surface area contributed by atoms with Crippen molar-refractivity contribution >= 4 is 0 Å². The van der Waals surface area contributed by atoms with Gasteiger partial charge in [-0.15, -0.1) is 0 Å². The molecule has 2 aromatic rings. The summed E-state index contributed by atoms with van der Waals surface area (Å²) in [5.74, 6) is 6.33. The van der Waals surface area contributed by atoms with Crippen molar-refractivity contribution in [3.63, 3.8) is 0 Å². The van der Waals surface area contributed by atoms with Crippen LogP contribution in [0.25, 0.3) is 0 Å². The minimum atomic E-state index is 0.00848. The molecule has 0 amide bonds. The van der Waals surface area contributed by atoms with Crippen LogP contribution < -0.4 is 11.3 Å². The Kier molecular flexibility index (Phi) is 4.88. The highest BCUT2D eigenvalue weighted by molar-refractivity contribution is 5.37. The van der Waals surface area contributed by atoms with E-state index in [4.69, 9.17) is 5.84 Å². The van der Waals surface area contributed by atoms with Gasteiger partial charge in [-0.25, -0.2) is 5.43 Å². The summed E-state index contributed by atoms with van der Waals surface area (Å²) in [6.07, 6.45) is 4.69. The van der Waals surface area contributed by atoms with E-state index < -0.39 is 0 Å². The van der Waals surface area contributed by atoms with Gasteiger partial charge in [0.15, 0.2) is 0 Å². The van der Waals surface area contributed by atoms with Crippen LogP contribution in [0.15, 0.2) is 42.7 Å². The molecule has 0 saturated carbocycles. The molecule has 2 rings (SSSR count). The maximum Gasteiger partial charge on any atom is 0.0713 e. The molecule has 0 bridgehead atoms. The van der Waals surface area contributed by atoms with Crippen molar-refractivity contribution in [3.8, 4) is 0 Å². The highest BCUT2D eigenvalue weighted by Crippen LogP contribution is 2.25. The average Bonchev–Trinajstić information content (AvgIpc) is 2.49. The largest absolute Gasteiger partial charge is 0.271 e. The van der Waals surface area contributed by atoms with Crippen molar-refractivity contribution in [1.82, 2.24) is 10.4 Å². The molecule has 3 heteroatoms. The van der Waals surface area contributed by atoms with Crippen LogP contribution in [-0.2, 0) is 6.42 Å². The van der Waals surface area contributed by atoms with Crippen LogP contribution in [0, 0.1) is 0 Å². The van der Waals surface area contributed by atoms with Gasteiger partial charge in [-0.05, 0) is 40.7 Å². The molecule has 0 aliphatic heterocycles. The fourth-order valence-corrected chi connectivity index (χ4v) is 2.45. The van der Waals surface area contributed by atoms with Crippen LogP contribution in [0.1, 0.15) is 55.0 Å². The molecule has 0 aliphatic rings. The van der Waals surface area contributed by atoms with Gasteiger partial charge in [0.1, 0.15) is 0 Å². The second-order valence-electron chi connectivity index (χ2n) is 5.35. The fourth-order valence-electron chi connectivity index (χ4n) is 2.45. The van der Waals surface area contributed by atoms with Crippen LogP contribution in [0.3, 0.4) is 0 Å². The molecular weight excluding hydrogens is 246 g/mol. The van der Waals surface area contributed by atoms with Crippen LogP contribution >= 0.6 is 0 Å². The van der Waals surface area contributed by atoms with Crippen molar-refractivity contribution in [2.45, 2.75) is 39.2 Å². The number of rotatable bonds is 5. The van der Waals surface area contributed by atoms with E-state index in [2.05, 4.69) is 55.4 Å². The zero-order chi connectivity index (χ0) is 14.5. The number of hydrazine groups is 1. The third-order valence-corrected chi connectivity index (χ3v) is 3.74. The third kappa shape index (κ3) is 3.06. The van der Waals surface area contributed by atoms with Gasteiger partial charge in [-0.1, -0.05) is 45.0 Å². The molecule has 0 aliphatic carbocycles. The maximum atomic E-state index is 5.79. The molecular formula is C17H23N3. The topological polar surface area (TPSA) is 50.9 Å². The average molecular weight is 269 g/mol. The second-order valence-corrected chi connectivity index (χ2v) is 5.35. The number of nitrogens with zero attached hydrogens (tertiary/aromatic N) is 1. The van der Waals surface area contributed by atoms with Crippen molar-refractivity contribution in [3.05, 3.63) is 65.0 Å². The maximum absolute atomic E-state index is 5.79. The molecule has 1 aromatic carbocycles. The Balaban J connectivity index is 2.36. The van der Waals surface area contributed by atoms with Crippen molar-refractivity contribution in [2.75, 3.05) is 0 Å². The lowest BCUT2D eigenvalue weighted by atomic mass is 9.93. The highest BCUT2D eigenvalue weighted by atomic mass is 15.2. The smallest absolute Gasteiger partial charge is 0.0713 e. The lowest BCUT2D eigenvalue weighted by Crippen LogP contribution is -2.29. The van der Waals surface area contributed by atoms with E-state index in [-0.39, 0.29) is 6.04 Å². The van der Waals surface area contributed by atoms with Gasteiger partial charge in [-0.3, -0.25) is 10.8 Å². The lowest BCUT2D eigenvalue weighted by Gasteiger charge is -2.20. The molecule has 0 saturated heterocycles. The van der Waals surface area contributed by atoms with E-state index in [9.17, 15) is 0 Å². The molecule has 1 unspecified atom stereocenters. The molecule has 0 fully saturated rings. The van der Waals surface area contributed by atoms with Crippen molar-refractivity contribution < 1.29 is 0 Å². The summed E-state index contributed by atoms with van der Waals surface area (Å²) in [6, 6.07) is 10.7. The first-order valence-electron chi connectivity index (χ1n) is 7.16. The number of benzene rings is 1. The predicted molar refractivity (Wildman–Crippen MR) is 83.3 cm³/mol. The summed E-state index contributed by atoms with van der Waals surface area (Å²) in [5.41, 5.74) is 7.87. The SMILES string of the molecule is CCc1cnccc1C(NN)c1ccc(C(C)C)cc1. The monoisotopic (exact) mass is 269 g/mol. The number of nitrogens with one attached hydrogen (secondary N) is 1. The van der Waals surface area contributed by atoms with Gasteiger partial charge in [0.05, 0.1) is 6.04 Å². The molecule has 3 nitrogen and oxygen atoms in total. The Morgan fingerprint density at radius 2 is 1.75 bits per heavy atom. The first-order valence-corrected chi connectivity index (χ1v) is 7.16. The molecule has 1 atom stereocenters. The normalized spacial score (nSPS) is 12.7. The number of aromatic nitrogens is 1. The van der Waals surface area contributed by atoms with Crippen LogP contribution in [0.4, 0.5) is 0 Å². The van der Waals surface area contributed by atoms with Gasteiger partial charge in [0.25, 0.3) is 0 Å². The standard InChI is InChI=1S/C17H23N3/c1-4-13-11-19-10-9-16(13)17(20-18)15-7-5-14(6-8-15)12(2)3/h5-12,17,20H,4,18H2,1-3H3. The number of nitrogens with two attached hydrogens (primary N) is 1. The summed E-state index contributed by atoms with van der Waals surface area (Å²) < 4.78 is 0. The zero-order valence-electron chi connectivity index (χ0n) is 12.4. The van der Waals surface area contributed by atoms with Crippen molar-refractivity contribution in [2.24, 2.45) is 5.84 Å². The Morgan fingerprint density at radius 1 is 1.10 bits per heavy atom. The van der Waals surface area contributed by atoms with Crippen molar-refractivity contribution in [1.29, 1.82) is 0 Å². The molecule has 0 spiro atoms. The summed E-state index contributed by atoms with van der Waals surface area (Å²) in [5, 5.41) is 0. The number of pyridine rings is 1. The van der Waals surface area contributed by atoms with E-state index >= 15 is 0 Å². The third-order valence-electron chi connectivity index (χ3n) is 3.74. The Morgan fingerprint density at radius 3 is 2.30 bits per heavy atom. The van der Waals surface area contributed by atoms with Crippen LogP contribution in [0.2, 0.25) is 0 Å². The molecule has 0 radical (unpaired) electrons. The quantitative estimate of drug-likeness (QED) is 0.646. The minimum Gasteiger partial charge on any atom is -0.271 e. The van der Waals surface area contributed by atoms with E-state index in [1.165, 1.54) is 22.3 Å². The first-order chi connectivity index (χ1) is 9.67.